The molecule has 0 fully saturated rings. The summed E-state index contributed by atoms with van der Waals surface area (Å²) in [6, 6.07) is 63.3. The van der Waals surface area contributed by atoms with E-state index in [1.165, 1.54) is 24.3 Å². The number of benzene rings is 12. The number of nitrogens with zero attached hydrogens (tertiary/aromatic N) is 6. The second-order valence-electron chi connectivity index (χ2n) is 25.4. The topological polar surface area (TPSA) is 67.3 Å². The van der Waals surface area contributed by atoms with Gasteiger partial charge in [0.2, 0.25) is 0 Å². The lowest BCUT2D eigenvalue weighted by molar-refractivity contribution is -0.144. The molecule has 0 aliphatic carbocycles. The highest BCUT2D eigenvalue weighted by atomic mass is 19.4. The van der Waals surface area contributed by atoms with Crippen molar-refractivity contribution >= 4 is 87.2 Å². The lowest BCUT2D eigenvalue weighted by Crippen LogP contribution is -2.12. The minimum absolute atomic E-state index is 0.0260. The summed E-state index contributed by atoms with van der Waals surface area (Å²) in [7, 11) is 0. The number of nitriles is 2. The van der Waals surface area contributed by atoms with Gasteiger partial charge in [0.25, 0.3) is 0 Å². The van der Waals surface area contributed by atoms with E-state index in [1.54, 1.807) is 72.9 Å². The Morgan fingerprint density at radius 3 is 1.03 bits per heavy atom. The Balaban J connectivity index is 0.914. The molecule has 0 atom stereocenters. The summed E-state index contributed by atoms with van der Waals surface area (Å²) in [5.74, 6) is 0. The van der Waals surface area contributed by atoms with E-state index in [-0.39, 0.29) is 63.6 Å². The maximum Gasteiger partial charge on any atom is 0.416 e. The highest BCUT2D eigenvalue weighted by molar-refractivity contribution is 6.15. The first kappa shape index (κ1) is 62.8. The molecule has 12 aromatic carbocycles. The van der Waals surface area contributed by atoms with Crippen LogP contribution in [0.5, 0.6) is 0 Å². The van der Waals surface area contributed by atoms with Crippen LogP contribution in [0.1, 0.15) is 61.2 Å². The predicted octanol–water partition coefficient (Wildman–Crippen LogP) is 23.7. The Morgan fingerprint density at radius 2 is 0.620 bits per heavy atom. The third-order valence-corrected chi connectivity index (χ3v) is 19.1. The van der Waals surface area contributed by atoms with Crippen molar-refractivity contribution in [3.8, 4) is 57.1 Å². The molecule has 0 N–H and O–H groups in total. The van der Waals surface area contributed by atoms with E-state index in [0.29, 0.717) is 89.9 Å². The van der Waals surface area contributed by atoms with Crippen molar-refractivity contribution in [2.24, 2.45) is 0 Å². The molecule has 6 nitrogen and oxygen atoms in total. The zero-order valence-electron chi connectivity index (χ0n) is 52.8. The summed E-state index contributed by atoms with van der Waals surface area (Å²) in [6.07, 6.45) is -20.6. The van der Waals surface area contributed by atoms with Crippen molar-refractivity contribution in [2.45, 2.75) is 51.9 Å². The van der Waals surface area contributed by atoms with Gasteiger partial charge in [0.1, 0.15) is 0 Å². The molecule has 490 valence electrons. The average Bonchev–Trinajstić information content (AvgIpc) is 1.44. The summed E-state index contributed by atoms with van der Waals surface area (Å²) in [4.78, 5) is 0. The SMILES string of the molecule is Cc1ccc2c(c1)c1ccccc1n2-c1cc(C#N)cc(-n2c3ccccc3c3cc(Cc4cc5c6ccccc6n(-c6cc(C#N)cc(-n7c8ccccc8c8ccc(C)cc87)c6-c6cc(C(F)(F)F)cc(C(F)(F)F)c6)c5cc4C)ccc32)c1-c1cc(C(F)(F)F)cc(C(F)(F)F)c1. The minimum Gasteiger partial charge on any atom is -0.308 e. The predicted molar refractivity (Wildman–Crippen MR) is 368 cm³/mol. The standard InChI is InChI=1S/C82H48F12N6/c1-44-21-24-69-62(26-44)58-13-5-9-17-66(58)97(69)73-31-48(42-95)32-74(77(73)51-35-53(79(83,84)85)40-54(36-51)80(86,87)88)98-67-18-10-6-14-59(67)63-30-47(22-25-70(63)98)29-50-39-64-60-15-7-11-19-68(60)100(72(64)28-46(50)3)76-34-49(43-96)33-75(78(76)52-37-55(81(89,90)91)41-56(38-52)82(92,93)94)99-65-16-8-4-12-57(65)61-23-20-45(2)27-71(61)99/h4-28,30-41H,29H2,1-3H3. The summed E-state index contributed by atoms with van der Waals surface area (Å²) in [6.45, 7) is 5.64. The number of hydrogen-bond acceptors (Lipinski definition) is 2. The van der Waals surface area contributed by atoms with E-state index in [4.69, 9.17) is 0 Å². The van der Waals surface area contributed by atoms with Crippen molar-refractivity contribution in [1.82, 2.24) is 18.3 Å². The van der Waals surface area contributed by atoms with Crippen molar-refractivity contribution < 1.29 is 52.7 Å². The van der Waals surface area contributed by atoms with Gasteiger partial charge in [-0.2, -0.15) is 63.2 Å². The second-order valence-corrected chi connectivity index (χ2v) is 25.4. The summed E-state index contributed by atoms with van der Waals surface area (Å²) in [5.41, 5.74) is 2.01. The summed E-state index contributed by atoms with van der Waals surface area (Å²) >= 11 is 0. The molecule has 0 aliphatic rings. The van der Waals surface area contributed by atoms with Crippen LogP contribution in [-0.4, -0.2) is 18.3 Å². The van der Waals surface area contributed by atoms with Gasteiger partial charge >= 0.3 is 24.7 Å². The Kier molecular flexibility index (Phi) is 14.1. The molecule has 0 amide bonds. The normalized spacial score (nSPS) is 12.6. The highest BCUT2D eigenvalue weighted by Gasteiger charge is 2.40. The smallest absolute Gasteiger partial charge is 0.308 e. The van der Waals surface area contributed by atoms with E-state index < -0.39 is 58.1 Å². The Morgan fingerprint density at radius 1 is 0.300 bits per heavy atom. The van der Waals surface area contributed by atoms with Gasteiger partial charge < -0.3 is 18.3 Å². The molecule has 100 heavy (non-hydrogen) atoms. The molecule has 0 saturated carbocycles. The first-order valence-electron chi connectivity index (χ1n) is 31.6. The van der Waals surface area contributed by atoms with Crippen molar-refractivity contribution in [2.75, 3.05) is 0 Å². The highest BCUT2D eigenvalue weighted by Crippen LogP contribution is 2.50. The van der Waals surface area contributed by atoms with Crippen LogP contribution in [0.3, 0.4) is 0 Å². The van der Waals surface area contributed by atoms with Crippen LogP contribution in [0, 0.1) is 43.4 Å². The monoisotopic (exact) mass is 1340 g/mol. The van der Waals surface area contributed by atoms with Crippen molar-refractivity contribution in [1.29, 1.82) is 10.5 Å². The number of aryl methyl sites for hydroxylation is 3. The third kappa shape index (κ3) is 10.2. The number of aromatic nitrogens is 4. The van der Waals surface area contributed by atoms with E-state index in [0.717, 1.165) is 49.4 Å². The molecule has 0 unspecified atom stereocenters. The van der Waals surface area contributed by atoms with Gasteiger partial charge in [-0.25, -0.2) is 0 Å². The van der Waals surface area contributed by atoms with Crippen LogP contribution in [0.25, 0.3) is 132 Å². The van der Waals surface area contributed by atoms with Crippen LogP contribution in [0.2, 0.25) is 0 Å². The Labute approximate surface area is 560 Å². The van der Waals surface area contributed by atoms with Gasteiger partial charge in [0.15, 0.2) is 0 Å². The lowest BCUT2D eigenvalue weighted by atomic mass is 9.94. The molecule has 0 radical (unpaired) electrons. The molecule has 0 saturated heterocycles. The lowest BCUT2D eigenvalue weighted by Gasteiger charge is -2.22. The fourth-order valence-corrected chi connectivity index (χ4v) is 14.8. The van der Waals surface area contributed by atoms with Gasteiger partial charge in [0.05, 0.1) is 112 Å². The van der Waals surface area contributed by atoms with Crippen molar-refractivity contribution in [3.63, 3.8) is 0 Å². The third-order valence-electron chi connectivity index (χ3n) is 19.1. The molecule has 4 aromatic heterocycles. The second kappa shape index (κ2) is 22.5. The van der Waals surface area contributed by atoms with Gasteiger partial charge in [-0.15, -0.1) is 0 Å². The number of halogens is 12. The number of rotatable bonds is 8. The molecule has 18 heteroatoms. The zero-order chi connectivity index (χ0) is 69.8. The number of para-hydroxylation sites is 4. The minimum atomic E-state index is -5.22. The van der Waals surface area contributed by atoms with Crippen LogP contribution in [0.15, 0.2) is 224 Å². The van der Waals surface area contributed by atoms with Crippen molar-refractivity contribution in [3.05, 3.63) is 286 Å². The molecular formula is C82H48F12N6. The summed E-state index contributed by atoms with van der Waals surface area (Å²) < 4.78 is 188. The number of alkyl halides is 12. The van der Waals surface area contributed by atoms with Crippen LogP contribution >= 0.6 is 0 Å². The van der Waals surface area contributed by atoms with E-state index in [1.807, 2.05) is 130 Å². The summed E-state index contributed by atoms with van der Waals surface area (Å²) in [5, 5.41) is 27.5. The molecular weight excluding hydrogens is 1300 g/mol. The maximum absolute atomic E-state index is 15.1. The number of fused-ring (bicyclic) bond motifs is 12. The van der Waals surface area contributed by atoms with Gasteiger partial charge in [-0.05, 0) is 188 Å². The molecule has 16 aromatic rings. The molecule has 16 rings (SSSR count). The molecule has 0 aliphatic heterocycles. The molecule has 0 spiro atoms. The molecule has 4 heterocycles. The maximum atomic E-state index is 15.1. The number of hydrogen-bond donors (Lipinski definition) is 0. The van der Waals surface area contributed by atoms with E-state index >= 15 is 52.7 Å². The Hall–Kier alpha value is -12.0. The van der Waals surface area contributed by atoms with E-state index in [9.17, 15) is 10.5 Å². The Bertz CT molecular complexity index is 6210. The van der Waals surface area contributed by atoms with Crippen LogP contribution in [0.4, 0.5) is 52.7 Å². The van der Waals surface area contributed by atoms with Gasteiger partial charge in [0, 0.05) is 54.2 Å². The average molecular weight is 1350 g/mol. The quantitative estimate of drug-likeness (QED) is 0.142. The molecule has 0 bridgehead atoms. The zero-order valence-corrected chi connectivity index (χ0v) is 52.8. The first-order valence-corrected chi connectivity index (χ1v) is 31.6. The van der Waals surface area contributed by atoms with Crippen LogP contribution < -0.4 is 0 Å². The van der Waals surface area contributed by atoms with E-state index in [2.05, 4.69) is 12.1 Å². The van der Waals surface area contributed by atoms with Gasteiger partial charge in [-0.3, -0.25) is 0 Å². The fraction of sp³-hybridized carbons (Fsp3) is 0.0976. The van der Waals surface area contributed by atoms with Gasteiger partial charge in [-0.1, -0.05) is 103 Å². The fourth-order valence-electron chi connectivity index (χ4n) is 14.8. The first-order chi connectivity index (χ1) is 47.7. The van der Waals surface area contributed by atoms with Crippen LogP contribution in [-0.2, 0) is 31.1 Å². The largest absolute Gasteiger partial charge is 0.416 e.